The Kier molecular flexibility index (Phi) is 16.7. The standard InChI is InChI=1S/C3H8N2.H2O4S.Pt/c4-2-1-3-5;1-5(2,3)4;/h4-5H,1-3H2;(H2,1,2,3,4);/q-2;;+2. The van der Waals surface area contributed by atoms with Crippen LogP contribution in [0.2, 0.25) is 0 Å². The van der Waals surface area contributed by atoms with Gasteiger partial charge in [-0.2, -0.15) is 21.5 Å². The third-order valence-electron chi connectivity index (χ3n) is 0.354. The van der Waals surface area contributed by atoms with E-state index in [-0.39, 0.29) is 21.1 Å². The van der Waals surface area contributed by atoms with Gasteiger partial charge in [0, 0.05) is 0 Å². The first-order chi connectivity index (χ1) is 4.41. The molecule has 72 valence electrons. The minimum atomic E-state index is -4.67. The summed E-state index contributed by atoms with van der Waals surface area (Å²) in [4.78, 5) is 0. The molecule has 6 nitrogen and oxygen atoms in total. The van der Waals surface area contributed by atoms with Crippen molar-refractivity contribution in [1.29, 1.82) is 0 Å². The van der Waals surface area contributed by atoms with E-state index < -0.39 is 10.4 Å². The summed E-state index contributed by atoms with van der Waals surface area (Å²) in [5.41, 5.74) is 13.0. The summed E-state index contributed by atoms with van der Waals surface area (Å²) >= 11 is 0. The topological polar surface area (TPSA) is 122 Å². The molecule has 8 heteroatoms. The monoisotopic (exact) mass is 365 g/mol. The van der Waals surface area contributed by atoms with Crippen LogP contribution in [0.25, 0.3) is 11.5 Å². The van der Waals surface area contributed by atoms with E-state index in [1.165, 1.54) is 0 Å². The molecule has 0 radical (unpaired) electrons. The SMILES string of the molecule is O=S(=O)(O)O.[NH-]CCC[NH-].[Pt+2]. The van der Waals surface area contributed by atoms with E-state index in [0.717, 1.165) is 6.42 Å². The molecule has 0 aromatic heterocycles. The van der Waals surface area contributed by atoms with E-state index in [2.05, 4.69) is 0 Å². The first-order valence-corrected chi connectivity index (χ1v) is 3.80. The molecule has 11 heavy (non-hydrogen) atoms. The van der Waals surface area contributed by atoms with E-state index >= 15 is 0 Å². The van der Waals surface area contributed by atoms with Crippen molar-refractivity contribution in [2.45, 2.75) is 6.42 Å². The van der Waals surface area contributed by atoms with Gasteiger partial charge in [0.2, 0.25) is 0 Å². The fourth-order valence-electron chi connectivity index (χ4n) is 0.0884. The summed E-state index contributed by atoms with van der Waals surface area (Å²) in [6.07, 6.45) is 0.722. The maximum absolute atomic E-state index is 8.74. The van der Waals surface area contributed by atoms with Crippen LogP contribution in [0.1, 0.15) is 6.42 Å². The molecule has 0 aliphatic heterocycles. The summed E-state index contributed by atoms with van der Waals surface area (Å²) in [6.45, 7) is 0.812. The molecule has 0 rings (SSSR count). The van der Waals surface area contributed by atoms with Gasteiger partial charge in [0.15, 0.2) is 0 Å². The maximum Gasteiger partial charge on any atom is 2.00 e. The molecule has 4 N–H and O–H groups in total. The second kappa shape index (κ2) is 10.5. The zero-order chi connectivity index (χ0) is 8.62. The smallest absolute Gasteiger partial charge is 0.677 e. The van der Waals surface area contributed by atoms with E-state index in [9.17, 15) is 0 Å². The van der Waals surface area contributed by atoms with Crippen molar-refractivity contribution in [3.8, 4) is 0 Å². The van der Waals surface area contributed by atoms with Crippen LogP contribution in [0.15, 0.2) is 0 Å². The van der Waals surface area contributed by atoms with Crippen LogP contribution in [-0.4, -0.2) is 30.6 Å². The van der Waals surface area contributed by atoms with Crippen molar-refractivity contribution >= 4 is 10.4 Å². The van der Waals surface area contributed by atoms with Crippen LogP contribution >= 0.6 is 0 Å². The van der Waals surface area contributed by atoms with Crippen LogP contribution < -0.4 is 0 Å². The van der Waals surface area contributed by atoms with E-state index in [4.69, 9.17) is 29.0 Å². The Morgan fingerprint density at radius 2 is 1.27 bits per heavy atom. The van der Waals surface area contributed by atoms with Gasteiger partial charge in [-0.15, -0.1) is 0 Å². The van der Waals surface area contributed by atoms with Gasteiger partial charge in [0.1, 0.15) is 0 Å². The summed E-state index contributed by atoms with van der Waals surface area (Å²) in [7, 11) is -4.67. The minimum absolute atomic E-state index is 0. The maximum atomic E-state index is 8.74. The second-order valence-electron chi connectivity index (χ2n) is 1.30. The van der Waals surface area contributed by atoms with Crippen molar-refractivity contribution in [1.82, 2.24) is 0 Å². The molecule has 0 atom stereocenters. The van der Waals surface area contributed by atoms with Crippen molar-refractivity contribution in [2.75, 3.05) is 13.1 Å². The third-order valence-corrected chi connectivity index (χ3v) is 0.354. The Morgan fingerprint density at radius 1 is 1.09 bits per heavy atom. The molecular formula is C3H10N2O4PtS. The van der Waals surface area contributed by atoms with Crippen molar-refractivity contribution in [2.24, 2.45) is 0 Å². The number of nitrogens with one attached hydrogen (secondary N) is 2. The third kappa shape index (κ3) is 123. The normalized spacial score (nSPS) is 9.09. The van der Waals surface area contributed by atoms with Crippen LogP contribution in [0.3, 0.4) is 0 Å². The second-order valence-corrected chi connectivity index (χ2v) is 2.20. The summed E-state index contributed by atoms with van der Waals surface area (Å²) in [5, 5.41) is 0. The molecule has 0 aromatic rings. The molecule has 0 unspecified atom stereocenters. The van der Waals surface area contributed by atoms with Gasteiger partial charge >= 0.3 is 31.5 Å². The molecule has 0 aliphatic rings. The molecular weight excluding hydrogens is 355 g/mol. The minimum Gasteiger partial charge on any atom is -0.677 e. The van der Waals surface area contributed by atoms with Crippen LogP contribution in [0.5, 0.6) is 0 Å². The molecule has 0 aliphatic carbocycles. The zero-order valence-electron chi connectivity index (χ0n) is 5.56. The zero-order valence-corrected chi connectivity index (χ0v) is 8.65. The Balaban J connectivity index is -0.000000107. The predicted molar refractivity (Wildman–Crippen MR) is 37.2 cm³/mol. The largest absolute Gasteiger partial charge is 2.00 e. The molecule has 0 bridgehead atoms. The van der Waals surface area contributed by atoms with Crippen molar-refractivity contribution in [3.63, 3.8) is 0 Å². The van der Waals surface area contributed by atoms with Gasteiger partial charge in [-0.3, -0.25) is 9.11 Å². The average Bonchev–Trinajstić information content (AvgIpc) is 1.63. The Bertz CT molecular complexity index is 137. The van der Waals surface area contributed by atoms with Gasteiger partial charge in [0.05, 0.1) is 0 Å². The molecule has 0 fully saturated rings. The van der Waals surface area contributed by atoms with Crippen LogP contribution in [0, 0.1) is 0 Å². The van der Waals surface area contributed by atoms with E-state index in [0.29, 0.717) is 13.1 Å². The Hall–Kier alpha value is 0.478. The summed E-state index contributed by atoms with van der Waals surface area (Å²) in [6, 6.07) is 0. The molecule has 0 saturated heterocycles. The van der Waals surface area contributed by atoms with Gasteiger partial charge in [0.25, 0.3) is 0 Å². The van der Waals surface area contributed by atoms with Crippen LogP contribution in [0.4, 0.5) is 0 Å². The Morgan fingerprint density at radius 3 is 1.27 bits per heavy atom. The van der Waals surface area contributed by atoms with Crippen molar-refractivity contribution in [3.05, 3.63) is 11.5 Å². The fraction of sp³-hybridized carbons (Fsp3) is 1.00. The average molecular weight is 365 g/mol. The quantitative estimate of drug-likeness (QED) is 0.704. The molecule has 0 amide bonds. The van der Waals surface area contributed by atoms with Gasteiger partial charge in [-0.1, -0.05) is 6.42 Å². The summed E-state index contributed by atoms with van der Waals surface area (Å²) < 4.78 is 31.6. The summed E-state index contributed by atoms with van der Waals surface area (Å²) in [5.74, 6) is 0. The molecule has 0 aromatic carbocycles. The van der Waals surface area contributed by atoms with Crippen LogP contribution in [-0.2, 0) is 31.5 Å². The van der Waals surface area contributed by atoms with Crippen molar-refractivity contribution < 1.29 is 38.6 Å². The Labute approximate surface area is 80.2 Å². The van der Waals surface area contributed by atoms with Gasteiger partial charge in [-0.05, 0) is 0 Å². The first-order valence-electron chi connectivity index (χ1n) is 2.41. The fourth-order valence-corrected chi connectivity index (χ4v) is 0.0884. The molecule has 0 heterocycles. The molecule has 0 spiro atoms. The first kappa shape index (κ1) is 17.5. The number of hydrogen-bond donors (Lipinski definition) is 2. The van der Waals surface area contributed by atoms with E-state index in [1.54, 1.807) is 0 Å². The number of hydrogen-bond acceptors (Lipinski definition) is 2. The predicted octanol–water partition coefficient (Wildman–Crippen LogP) is 0.826. The number of rotatable bonds is 2. The van der Waals surface area contributed by atoms with Gasteiger partial charge < -0.3 is 11.5 Å². The van der Waals surface area contributed by atoms with Gasteiger partial charge in [-0.25, -0.2) is 0 Å². The van der Waals surface area contributed by atoms with E-state index in [1.807, 2.05) is 0 Å². The molecule has 0 saturated carbocycles.